The van der Waals surface area contributed by atoms with Gasteiger partial charge in [0.25, 0.3) is 0 Å². The third-order valence-electron chi connectivity index (χ3n) is 8.63. The van der Waals surface area contributed by atoms with Crippen LogP contribution in [-0.4, -0.2) is 80.6 Å². The van der Waals surface area contributed by atoms with Crippen LogP contribution in [0, 0.1) is 0 Å². The highest BCUT2D eigenvalue weighted by molar-refractivity contribution is 5.72. The second-order valence-electron chi connectivity index (χ2n) is 14.2. The van der Waals surface area contributed by atoms with Crippen molar-refractivity contribution in [1.82, 2.24) is 0 Å². The fourth-order valence-corrected chi connectivity index (χ4v) is 5.54. The predicted molar refractivity (Wildman–Crippen MR) is 197 cm³/mol. The van der Waals surface area contributed by atoms with E-state index in [0.717, 1.165) is 51.4 Å². The summed E-state index contributed by atoms with van der Waals surface area (Å²) in [6.07, 6.45) is 32.2. The van der Waals surface area contributed by atoms with Crippen molar-refractivity contribution in [3.63, 3.8) is 0 Å². The summed E-state index contributed by atoms with van der Waals surface area (Å²) >= 11 is 0. The average molecular weight is 681 g/mol. The molecule has 0 fully saturated rings. The second-order valence-corrected chi connectivity index (χ2v) is 14.2. The van der Waals surface area contributed by atoms with E-state index in [2.05, 4.69) is 38.2 Å². The van der Waals surface area contributed by atoms with E-state index < -0.39 is 18.1 Å². The van der Waals surface area contributed by atoms with Crippen LogP contribution < -0.4 is 0 Å². The van der Waals surface area contributed by atoms with E-state index in [1.165, 1.54) is 77.0 Å². The lowest BCUT2D eigenvalue weighted by molar-refractivity contribution is -0.887. The Morgan fingerprint density at radius 1 is 0.625 bits per heavy atom. The van der Waals surface area contributed by atoms with E-state index in [1.54, 1.807) is 0 Å². The number of carboxylic acids is 1. The Hall–Kier alpha value is -2.19. The number of hydrogen-bond acceptors (Lipinski definition) is 6. The minimum atomic E-state index is -0.879. The molecule has 0 aromatic carbocycles. The molecule has 0 spiro atoms. The van der Waals surface area contributed by atoms with Crippen LogP contribution in [0.3, 0.4) is 0 Å². The molecule has 0 aliphatic carbocycles. The van der Waals surface area contributed by atoms with Crippen molar-refractivity contribution in [1.29, 1.82) is 0 Å². The van der Waals surface area contributed by atoms with Crippen LogP contribution in [0.2, 0.25) is 0 Å². The van der Waals surface area contributed by atoms with Gasteiger partial charge in [0.1, 0.15) is 6.61 Å². The zero-order valence-electron chi connectivity index (χ0n) is 31.7. The monoisotopic (exact) mass is 681 g/mol. The molecule has 0 saturated carbocycles. The molecule has 8 nitrogen and oxygen atoms in total. The maximum atomic E-state index is 12.6. The predicted octanol–water partition coefficient (Wildman–Crippen LogP) is 9.74. The van der Waals surface area contributed by atoms with Gasteiger partial charge in [0.05, 0.1) is 34.4 Å². The Kier molecular flexibility index (Phi) is 30.6. The second kappa shape index (κ2) is 32.0. The van der Waals surface area contributed by atoms with Crippen molar-refractivity contribution >= 4 is 17.9 Å². The normalized spacial score (nSPS) is 13.3. The van der Waals surface area contributed by atoms with E-state index in [9.17, 15) is 19.5 Å². The topological polar surface area (TPSA) is 99.1 Å². The van der Waals surface area contributed by atoms with Crippen LogP contribution in [0.25, 0.3) is 0 Å². The number of esters is 2. The molecular formula is C40H74NO7+. The molecule has 1 N–H and O–H groups in total. The highest BCUT2D eigenvalue weighted by atomic mass is 16.6. The highest BCUT2D eigenvalue weighted by Gasteiger charge is 2.31. The van der Waals surface area contributed by atoms with Crippen LogP contribution >= 0.6 is 0 Å². The number of carboxylic acid groups (broad SMARTS) is 1. The minimum Gasteiger partial charge on any atom is -0.477 e. The Labute approximate surface area is 294 Å². The number of aliphatic carboxylic acids is 1. The van der Waals surface area contributed by atoms with Gasteiger partial charge in [-0.25, -0.2) is 4.79 Å². The fourth-order valence-electron chi connectivity index (χ4n) is 5.54. The number of carbonyl (C=O) groups is 3. The summed E-state index contributed by atoms with van der Waals surface area (Å²) in [5.74, 6) is -1.50. The number of carbonyl (C=O) groups excluding carboxylic acids is 2. The number of rotatable bonds is 34. The summed E-state index contributed by atoms with van der Waals surface area (Å²) in [6, 6.07) is -0.614. The van der Waals surface area contributed by atoms with Crippen LogP contribution in [0.5, 0.6) is 0 Å². The van der Waals surface area contributed by atoms with Crippen LogP contribution in [0.1, 0.15) is 162 Å². The lowest BCUT2D eigenvalue weighted by Crippen LogP contribution is -2.50. The van der Waals surface area contributed by atoms with Gasteiger partial charge in [-0.05, 0) is 32.1 Å². The smallest absolute Gasteiger partial charge is 0.362 e. The van der Waals surface area contributed by atoms with Gasteiger partial charge in [-0.3, -0.25) is 9.59 Å². The van der Waals surface area contributed by atoms with E-state index in [1.807, 2.05) is 21.1 Å². The number of ether oxygens (including phenoxy) is 3. The average Bonchev–Trinajstić information content (AvgIpc) is 3.03. The summed E-state index contributed by atoms with van der Waals surface area (Å²) in [7, 11) is 5.51. The van der Waals surface area contributed by atoms with Gasteiger partial charge in [0.2, 0.25) is 0 Å². The molecule has 48 heavy (non-hydrogen) atoms. The third-order valence-corrected chi connectivity index (χ3v) is 8.63. The molecule has 0 heterocycles. The van der Waals surface area contributed by atoms with E-state index in [-0.39, 0.29) is 36.2 Å². The number of unbranched alkanes of at least 4 members (excludes halogenated alkanes) is 17. The van der Waals surface area contributed by atoms with E-state index in [4.69, 9.17) is 14.2 Å². The Balaban J connectivity index is 4.45. The number of quaternary nitrogens is 1. The molecule has 0 radical (unpaired) electrons. The van der Waals surface area contributed by atoms with Gasteiger partial charge in [0, 0.05) is 19.3 Å². The Bertz CT molecular complexity index is 849. The first-order valence-corrected chi connectivity index (χ1v) is 19.4. The van der Waals surface area contributed by atoms with Crippen molar-refractivity contribution in [3.05, 3.63) is 24.3 Å². The third kappa shape index (κ3) is 29.9. The summed E-state index contributed by atoms with van der Waals surface area (Å²) in [6.45, 7) is 4.64. The molecule has 2 atom stereocenters. The molecule has 0 aromatic heterocycles. The van der Waals surface area contributed by atoms with E-state index in [0.29, 0.717) is 19.3 Å². The summed E-state index contributed by atoms with van der Waals surface area (Å²) < 4.78 is 17.2. The molecule has 0 bridgehead atoms. The molecule has 0 aromatic rings. The largest absolute Gasteiger partial charge is 0.477 e. The zero-order chi connectivity index (χ0) is 35.7. The standard InChI is InChI=1S/C40H73NO7/c1-6-8-10-12-14-16-18-19-21-23-25-27-29-31-39(43)48-36(34-46-33-32-37(40(44)45)41(3,4)5)35-47-38(42)30-28-26-24-22-20-17-15-13-11-9-7-2/h13,15,17,20,36-37H,6-12,14,16,18-19,21-35H2,1-5H3/p+1/b15-13+,20-17+. The molecule has 0 amide bonds. The van der Waals surface area contributed by atoms with Gasteiger partial charge in [-0.1, -0.05) is 134 Å². The van der Waals surface area contributed by atoms with Crippen LogP contribution in [-0.2, 0) is 28.6 Å². The van der Waals surface area contributed by atoms with Crippen molar-refractivity contribution in [2.24, 2.45) is 0 Å². The SMILES string of the molecule is CCCC/C=C/C=C/CCCCCC(=O)OCC(COCCC(C(=O)O)[N+](C)(C)C)OC(=O)CCCCCCCCCCCCCCC. The minimum absolute atomic E-state index is 0.0559. The number of nitrogens with zero attached hydrogens (tertiary/aromatic N) is 1. The molecule has 0 aliphatic rings. The van der Waals surface area contributed by atoms with E-state index >= 15 is 0 Å². The number of hydrogen-bond donors (Lipinski definition) is 1. The maximum absolute atomic E-state index is 12.6. The van der Waals surface area contributed by atoms with Gasteiger partial charge < -0.3 is 23.8 Å². The first-order valence-electron chi connectivity index (χ1n) is 19.4. The highest BCUT2D eigenvalue weighted by Crippen LogP contribution is 2.14. The Morgan fingerprint density at radius 2 is 1.10 bits per heavy atom. The van der Waals surface area contributed by atoms with Crippen molar-refractivity contribution < 1.29 is 38.2 Å². The first-order chi connectivity index (χ1) is 23.1. The summed E-state index contributed by atoms with van der Waals surface area (Å²) in [5, 5.41) is 9.57. The molecule has 280 valence electrons. The lowest BCUT2D eigenvalue weighted by atomic mass is 10.0. The van der Waals surface area contributed by atoms with Crippen LogP contribution in [0.4, 0.5) is 0 Å². The molecule has 0 rings (SSSR count). The summed E-state index contributed by atoms with van der Waals surface area (Å²) in [4.78, 5) is 36.7. The van der Waals surface area contributed by atoms with Crippen molar-refractivity contribution in [2.45, 2.75) is 174 Å². The van der Waals surface area contributed by atoms with Crippen molar-refractivity contribution in [2.75, 3.05) is 41.0 Å². The van der Waals surface area contributed by atoms with Gasteiger partial charge in [-0.2, -0.15) is 0 Å². The van der Waals surface area contributed by atoms with Crippen molar-refractivity contribution in [3.8, 4) is 0 Å². The van der Waals surface area contributed by atoms with Gasteiger partial charge >= 0.3 is 17.9 Å². The molecular weight excluding hydrogens is 606 g/mol. The molecule has 8 heteroatoms. The quantitative estimate of drug-likeness (QED) is 0.0313. The number of allylic oxidation sites excluding steroid dienone is 4. The summed E-state index contributed by atoms with van der Waals surface area (Å²) in [5.41, 5.74) is 0. The zero-order valence-corrected chi connectivity index (χ0v) is 31.7. The lowest BCUT2D eigenvalue weighted by Gasteiger charge is -2.31. The van der Waals surface area contributed by atoms with Gasteiger partial charge in [-0.15, -0.1) is 0 Å². The molecule has 0 saturated heterocycles. The maximum Gasteiger partial charge on any atom is 0.362 e. The van der Waals surface area contributed by atoms with Crippen LogP contribution in [0.15, 0.2) is 24.3 Å². The number of likely N-dealkylation sites (N-methyl/N-ethyl adjacent to an activating group) is 1. The first kappa shape index (κ1) is 45.8. The Morgan fingerprint density at radius 3 is 1.62 bits per heavy atom. The molecule has 0 aliphatic heterocycles. The molecule has 2 unspecified atom stereocenters. The van der Waals surface area contributed by atoms with Gasteiger partial charge in [0.15, 0.2) is 12.1 Å². The fraction of sp³-hybridized carbons (Fsp3) is 0.825.